The molecular weight excluding hydrogens is 254 g/mol. The molecule has 0 saturated carbocycles. The molecule has 102 valence electrons. The third-order valence-electron chi connectivity index (χ3n) is 2.64. The molecule has 0 aliphatic rings. The van der Waals surface area contributed by atoms with Crippen molar-refractivity contribution >= 4 is 12.0 Å². The molecule has 0 aliphatic carbocycles. The predicted octanol–water partition coefficient (Wildman–Crippen LogP) is 3.01. The first-order valence-electron chi connectivity index (χ1n) is 6.23. The highest BCUT2D eigenvalue weighted by Crippen LogP contribution is 2.05. The number of carboxylic acids is 1. The first-order chi connectivity index (χ1) is 9.75. The number of benzene rings is 1. The summed E-state index contributed by atoms with van der Waals surface area (Å²) < 4.78 is 5.47. The average molecular weight is 269 g/mol. The van der Waals surface area contributed by atoms with E-state index in [1.807, 2.05) is 42.5 Å². The number of nitrogens with zero attached hydrogens (tertiary/aromatic N) is 1. The largest absolute Gasteiger partial charge is 0.477 e. The van der Waals surface area contributed by atoms with E-state index in [0.717, 1.165) is 11.1 Å². The van der Waals surface area contributed by atoms with Crippen LogP contribution in [0.25, 0.3) is 6.08 Å². The molecule has 0 bridgehead atoms. The van der Waals surface area contributed by atoms with Crippen LogP contribution >= 0.6 is 0 Å². The van der Waals surface area contributed by atoms with Gasteiger partial charge in [-0.15, -0.1) is 0 Å². The first-order valence-corrected chi connectivity index (χ1v) is 6.23. The summed E-state index contributed by atoms with van der Waals surface area (Å²) >= 11 is 0. The lowest BCUT2D eigenvalue weighted by atomic mass is 10.2. The highest BCUT2D eigenvalue weighted by atomic mass is 16.5. The zero-order chi connectivity index (χ0) is 14.2. The molecule has 0 aliphatic heterocycles. The Bertz CT molecular complexity index is 594. The van der Waals surface area contributed by atoms with E-state index in [9.17, 15) is 4.79 Å². The summed E-state index contributed by atoms with van der Waals surface area (Å²) in [5, 5.41) is 8.83. The van der Waals surface area contributed by atoms with Crippen molar-refractivity contribution < 1.29 is 14.6 Å². The van der Waals surface area contributed by atoms with E-state index in [1.54, 1.807) is 6.07 Å². The van der Waals surface area contributed by atoms with Gasteiger partial charge in [0.2, 0.25) is 0 Å². The molecule has 20 heavy (non-hydrogen) atoms. The van der Waals surface area contributed by atoms with Crippen LogP contribution < -0.4 is 0 Å². The fraction of sp³-hybridized carbons (Fsp3) is 0.125. The summed E-state index contributed by atoms with van der Waals surface area (Å²) in [5.41, 5.74) is 1.95. The molecule has 0 amide bonds. The van der Waals surface area contributed by atoms with Crippen LogP contribution in [-0.4, -0.2) is 22.7 Å². The van der Waals surface area contributed by atoms with Crippen molar-refractivity contribution in [3.8, 4) is 0 Å². The normalized spacial score (nSPS) is 10.8. The number of hydrogen-bond donors (Lipinski definition) is 1. The molecule has 4 nitrogen and oxygen atoms in total. The van der Waals surface area contributed by atoms with Crippen molar-refractivity contribution in [3.63, 3.8) is 0 Å². The average Bonchev–Trinajstić information content (AvgIpc) is 2.48. The molecule has 0 atom stereocenters. The molecule has 0 unspecified atom stereocenters. The molecule has 0 spiro atoms. The Morgan fingerprint density at radius 1 is 1.25 bits per heavy atom. The summed E-state index contributed by atoms with van der Waals surface area (Å²) in [7, 11) is 0. The van der Waals surface area contributed by atoms with Gasteiger partial charge in [0.05, 0.1) is 13.2 Å². The molecule has 1 N–H and O–H groups in total. The number of carboxylic acid groups (broad SMARTS) is 1. The predicted molar refractivity (Wildman–Crippen MR) is 76.3 cm³/mol. The number of carbonyl (C=O) groups is 1. The van der Waals surface area contributed by atoms with Gasteiger partial charge < -0.3 is 9.84 Å². The van der Waals surface area contributed by atoms with E-state index in [0.29, 0.717) is 13.2 Å². The SMILES string of the molecule is O=C(O)c1cc(COCC=Cc2ccccc2)ccn1. The minimum Gasteiger partial charge on any atom is -0.477 e. The Morgan fingerprint density at radius 3 is 2.80 bits per heavy atom. The van der Waals surface area contributed by atoms with Crippen LogP contribution in [0.5, 0.6) is 0 Å². The van der Waals surface area contributed by atoms with Crippen LogP contribution in [0.15, 0.2) is 54.7 Å². The fourth-order valence-electron chi connectivity index (χ4n) is 1.67. The quantitative estimate of drug-likeness (QED) is 0.819. The number of aromatic carboxylic acids is 1. The molecule has 2 rings (SSSR count). The Balaban J connectivity index is 1.80. The van der Waals surface area contributed by atoms with Crippen LogP contribution in [-0.2, 0) is 11.3 Å². The Kier molecular flexibility index (Phi) is 5.03. The monoisotopic (exact) mass is 269 g/mol. The third kappa shape index (κ3) is 4.33. The van der Waals surface area contributed by atoms with Gasteiger partial charge in [0.1, 0.15) is 5.69 Å². The van der Waals surface area contributed by atoms with E-state index < -0.39 is 5.97 Å². The highest BCUT2D eigenvalue weighted by Gasteiger charge is 2.04. The van der Waals surface area contributed by atoms with Gasteiger partial charge in [0, 0.05) is 6.20 Å². The van der Waals surface area contributed by atoms with Crippen LogP contribution in [0.3, 0.4) is 0 Å². The number of ether oxygens (including phenoxy) is 1. The van der Waals surface area contributed by atoms with Crippen molar-refractivity contribution in [2.45, 2.75) is 6.61 Å². The molecule has 0 fully saturated rings. The van der Waals surface area contributed by atoms with Gasteiger partial charge in [-0.25, -0.2) is 9.78 Å². The van der Waals surface area contributed by atoms with Gasteiger partial charge in [-0.1, -0.05) is 42.5 Å². The second-order valence-corrected chi connectivity index (χ2v) is 4.18. The van der Waals surface area contributed by atoms with Crippen LogP contribution in [0.2, 0.25) is 0 Å². The first kappa shape index (κ1) is 14.0. The standard InChI is InChI=1S/C16H15NO3/c18-16(19)15-11-14(8-9-17-15)12-20-10-4-7-13-5-2-1-3-6-13/h1-9,11H,10,12H2,(H,18,19). The highest BCUT2D eigenvalue weighted by molar-refractivity contribution is 5.85. The Hall–Kier alpha value is -2.46. The molecule has 1 aromatic carbocycles. The lowest BCUT2D eigenvalue weighted by molar-refractivity contribution is 0.0690. The Labute approximate surface area is 117 Å². The molecule has 1 heterocycles. The van der Waals surface area contributed by atoms with E-state index in [-0.39, 0.29) is 5.69 Å². The van der Waals surface area contributed by atoms with Crippen molar-refractivity contribution in [2.75, 3.05) is 6.61 Å². The maximum Gasteiger partial charge on any atom is 0.354 e. The maximum atomic E-state index is 10.8. The van der Waals surface area contributed by atoms with Gasteiger partial charge >= 0.3 is 5.97 Å². The lowest BCUT2D eigenvalue weighted by Gasteiger charge is -2.02. The van der Waals surface area contributed by atoms with Gasteiger partial charge in [-0.3, -0.25) is 0 Å². The van der Waals surface area contributed by atoms with Gasteiger partial charge in [-0.2, -0.15) is 0 Å². The molecule has 4 heteroatoms. The number of hydrogen-bond acceptors (Lipinski definition) is 3. The van der Waals surface area contributed by atoms with Crippen LogP contribution in [0.4, 0.5) is 0 Å². The number of rotatable bonds is 6. The van der Waals surface area contributed by atoms with Crippen molar-refractivity contribution in [3.05, 3.63) is 71.6 Å². The maximum absolute atomic E-state index is 10.8. The van der Waals surface area contributed by atoms with Crippen molar-refractivity contribution in [1.82, 2.24) is 4.98 Å². The van der Waals surface area contributed by atoms with Crippen LogP contribution in [0, 0.1) is 0 Å². The third-order valence-corrected chi connectivity index (χ3v) is 2.64. The molecule has 0 radical (unpaired) electrons. The zero-order valence-corrected chi connectivity index (χ0v) is 10.9. The molecule has 0 saturated heterocycles. The summed E-state index contributed by atoms with van der Waals surface area (Å²) in [6.07, 6.45) is 5.38. The number of pyridine rings is 1. The molecule has 1 aromatic heterocycles. The van der Waals surface area contributed by atoms with Crippen LogP contribution in [0.1, 0.15) is 21.6 Å². The van der Waals surface area contributed by atoms with E-state index in [4.69, 9.17) is 9.84 Å². The lowest BCUT2D eigenvalue weighted by Crippen LogP contribution is -2.02. The minimum atomic E-state index is -1.03. The van der Waals surface area contributed by atoms with E-state index >= 15 is 0 Å². The smallest absolute Gasteiger partial charge is 0.354 e. The molecule has 2 aromatic rings. The van der Waals surface area contributed by atoms with E-state index in [1.165, 1.54) is 12.3 Å². The summed E-state index contributed by atoms with van der Waals surface area (Å²) in [4.78, 5) is 14.5. The fourth-order valence-corrected chi connectivity index (χ4v) is 1.67. The number of aromatic nitrogens is 1. The van der Waals surface area contributed by atoms with Gasteiger partial charge in [0.25, 0.3) is 0 Å². The van der Waals surface area contributed by atoms with Gasteiger partial charge in [-0.05, 0) is 23.3 Å². The Morgan fingerprint density at radius 2 is 2.05 bits per heavy atom. The zero-order valence-electron chi connectivity index (χ0n) is 10.9. The minimum absolute atomic E-state index is 0.0333. The summed E-state index contributed by atoms with van der Waals surface area (Å²) in [5.74, 6) is -1.03. The summed E-state index contributed by atoms with van der Waals surface area (Å²) in [6, 6.07) is 13.2. The van der Waals surface area contributed by atoms with Crippen molar-refractivity contribution in [2.24, 2.45) is 0 Å². The van der Waals surface area contributed by atoms with Crippen molar-refractivity contribution in [1.29, 1.82) is 0 Å². The molecular formula is C16H15NO3. The topological polar surface area (TPSA) is 59.4 Å². The van der Waals surface area contributed by atoms with Gasteiger partial charge in [0.15, 0.2) is 0 Å². The van der Waals surface area contributed by atoms with E-state index in [2.05, 4.69) is 4.98 Å². The summed E-state index contributed by atoms with van der Waals surface area (Å²) in [6.45, 7) is 0.835. The second-order valence-electron chi connectivity index (χ2n) is 4.18. The second kappa shape index (κ2) is 7.21.